The van der Waals surface area contributed by atoms with Gasteiger partial charge in [0.05, 0.1) is 5.52 Å². The van der Waals surface area contributed by atoms with Crippen LogP contribution in [0.5, 0.6) is 0 Å². The number of ether oxygens (including phenoxy) is 1. The van der Waals surface area contributed by atoms with E-state index < -0.39 is 11.7 Å². The Morgan fingerprint density at radius 1 is 1.00 bits per heavy atom. The predicted molar refractivity (Wildman–Crippen MR) is 128 cm³/mol. The molecule has 0 aliphatic heterocycles. The van der Waals surface area contributed by atoms with Crippen molar-refractivity contribution in [3.63, 3.8) is 0 Å². The van der Waals surface area contributed by atoms with E-state index in [0.717, 1.165) is 50.4 Å². The minimum absolute atomic E-state index is 0.130. The molecule has 4 nitrogen and oxygen atoms in total. The predicted octanol–water partition coefficient (Wildman–Crippen LogP) is 6.50. The minimum Gasteiger partial charge on any atom is -0.443 e. The molecule has 0 radical (unpaired) electrons. The number of aldehydes is 1. The normalized spacial score (nSPS) is 16.0. The Labute approximate surface area is 187 Å². The number of rotatable bonds is 2. The van der Waals surface area contributed by atoms with Crippen molar-refractivity contribution in [1.29, 1.82) is 0 Å². The Morgan fingerprint density at radius 3 is 2.47 bits per heavy atom. The summed E-state index contributed by atoms with van der Waals surface area (Å²) in [6, 6.07) is 22.3. The second kappa shape index (κ2) is 7.49. The molecule has 3 aromatic carbocycles. The lowest BCUT2D eigenvalue weighted by molar-refractivity contribution is -0.105. The maximum Gasteiger partial charge on any atom is 0.419 e. The Balaban J connectivity index is 1.68. The second-order valence-electron chi connectivity index (χ2n) is 9.32. The molecule has 5 rings (SSSR count). The molecule has 1 aromatic heterocycles. The smallest absolute Gasteiger partial charge is 0.419 e. The monoisotopic (exact) mass is 423 g/mol. The van der Waals surface area contributed by atoms with Crippen LogP contribution in [0.4, 0.5) is 4.79 Å². The highest BCUT2D eigenvalue weighted by Crippen LogP contribution is 2.40. The van der Waals surface area contributed by atoms with Gasteiger partial charge in [0.15, 0.2) is 0 Å². The molecule has 1 aliphatic carbocycles. The van der Waals surface area contributed by atoms with E-state index in [9.17, 15) is 9.59 Å². The van der Waals surface area contributed by atoms with Gasteiger partial charge in [-0.15, -0.1) is 0 Å². The van der Waals surface area contributed by atoms with Crippen LogP contribution in [0.25, 0.3) is 27.8 Å². The van der Waals surface area contributed by atoms with Crippen LogP contribution in [0, 0.1) is 0 Å². The summed E-state index contributed by atoms with van der Waals surface area (Å²) < 4.78 is 7.42. The number of nitrogens with zero attached hydrogens (tertiary/aromatic N) is 1. The topological polar surface area (TPSA) is 48.3 Å². The van der Waals surface area contributed by atoms with Crippen LogP contribution in [0.15, 0.2) is 72.3 Å². The Bertz CT molecular complexity index is 1400. The van der Waals surface area contributed by atoms with Crippen molar-refractivity contribution in [2.75, 3.05) is 0 Å². The maximum atomic E-state index is 13.2. The summed E-state index contributed by atoms with van der Waals surface area (Å²) in [7, 11) is 0. The molecule has 0 amide bonds. The Kier molecular flexibility index (Phi) is 4.74. The highest BCUT2D eigenvalue weighted by atomic mass is 16.6. The first-order valence-electron chi connectivity index (χ1n) is 10.9. The number of hydrogen-bond acceptors (Lipinski definition) is 3. The Hall–Kier alpha value is -3.66. The van der Waals surface area contributed by atoms with E-state index >= 15 is 0 Å². The summed E-state index contributed by atoms with van der Waals surface area (Å²) in [4.78, 5) is 25.3. The lowest BCUT2D eigenvalue weighted by Crippen LogP contribution is -2.29. The molecule has 0 fully saturated rings. The van der Waals surface area contributed by atoms with Crippen molar-refractivity contribution in [2.45, 2.75) is 38.7 Å². The lowest BCUT2D eigenvalue weighted by Gasteiger charge is -2.25. The highest BCUT2D eigenvalue weighted by Gasteiger charge is 2.31. The van der Waals surface area contributed by atoms with Gasteiger partial charge in [0.25, 0.3) is 0 Å². The summed E-state index contributed by atoms with van der Waals surface area (Å²) >= 11 is 0. The van der Waals surface area contributed by atoms with Gasteiger partial charge in [0.1, 0.15) is 11.9 Å². The van der Waals surface area contributed by atoms with Gasteiger partial charge < -0.3 is 4.74 Å². The van der Waals surface area contributed by atoms with E-state index in [1.54, 1.807) is 4.57 Å². The summed E-state index contributed by atoms with van der Waals surface area (Å²) in [5.74, 6) is -0.130. The van der Waals surface area contributed by atoms with Gasteiger partial charge in [-0.2, -0.15) is 0 Å². The lowest BCUT2D eigenvalue weighted by atomic mass is 9.81. The van der Waals surface area contributed by atoms with Gasteiger partial charge in [-0.25, -0.2) is 9.36 Å². The fourth-order valence-corrected chi connectivity index (χ4v) is 4.63. The molecule has 1 heterocycles. The van der Waals surface area contributed by atoms with Crippen LogP contribution in [0.1, 0.15) is 43.5 Å². The zero-order chi connectivity index (χ0) is 22.5. The van der Waals surface area contributed by atoms with Crippen molar-refractivity contribution in [1.82, 2.24) is 4.57 Å². The third kappa shape index (κ3) is 3.42. The zero-order valence-corrected chi connectivity index (χ0v) is 18.5. The maximum absolute atomic E-state index is 13.2. The van der Waals surface area contributed by atoms with E-state index in [1.165, 1.54) is 0 Å². The average molecular weight is 424 g/mol. The molecule has 4 heteroatoms. The van der Waals surface area contributed by atoms with E-state index in [0.29, 0.717) is 6.42 Å². The molecular formula is C28H25NO3. The number of hydrogen-bond donors (Lipinski definition) is 0. The van der Waals surface area contributed by atoms with Gasteiger partial charge in [-0.3, -0.25) is 4.79 Å². The van der Waals surface area contributed by atoms with Crippen molar-refractivity contribution in [3.8, 4) is 0 Å². The van der Waals surface area contributed by atoms with Gasteiger partial charge in [0.2, 0.25) is 0 Å². The van der Waals surface area contributed by atoms with Crippen molar-refractivity contribution < 1.29 is 14.3 Å². The molecule has 32 heavy (non-hydrogen) atoms. The zero-order valence-electron chi connectivity index (χ0n) is 18.5. The second-order valence-corrected chi connectivity index (χ2v) is 9.32. The van der Waals surface area contributed by atoms with Crippen molar-refractivity contribution in [3.05, 3.63) is 89.1 Å². The van der Waals surface area contributed by atoms with Crippen LogP contribution in [-0.4, -0.2) is 22.5 Å². The van der Waals surface area contributed by atoms with E-state index in [1.807, 2.05) is 63.2 Å². The molecule has 4 aromatic rings. The number of allylic oxidation sites excluding steroid dienone is 1. The minimum atomic E-state index is -0.606. The number of carbonyl (C=O) groups is 2. The van der Waals surface area contributed by atoms with E-state index in [4.69, 9.17) is 4.74 Å². The van der Waals surface area contributed by atoms with Crippen LogP contribution in [0.3, 0.4) is 0 Å². The largest absolute Gasteiger partial charge is 0.443 e. The molecule has 1 aliphatic rings. The van der Waals surface area contributed by atoms with E-state index in [2.05, 4.69) is 30.3 Å². The molecule has 160 valence electrons. The number of aromatic nitrogens is 1. The SMILES string of the molecule is CC(C)(C)OC(=O)n1c2c(c3ccccc31)C=C(C=O)[C@@H](c1ccc3ccccc3c1)C2. The fourth-order valence-electron chi connectivity index (χ4n) is 4.63. The molecule has 0 N–H and O–H groups in total. The standard InChI is InChI=1S/C28H25NO3/c1-28(2,3)32-27(31)29-25-11-7-6-10-22(25)24-15-21(17-30)23(16-26(24)29)20-13-12-18-8-4-5-9-19(18)14-20/h4-15,17,23H,16H2,1-3H3/t23-/m1/s1. The highest BCUT2D eigenvalue weighted by molar-refractivity contribution is 6.01. The van der Waals surface area contributed by atoms with Gasteiger partial charge in [0, 0.05) is 28.1 Å². The van der Waals surface area contributed by atoms with Crippen LogP contribution < -0.4 is 0 Å². The average Bonchev–Trinajstić information content (AvgIpc) is 3.10. The molecule has 0 bridgehead atoms. The van der Waals surface area contributed by atoms with Crippen LogP contribution in [0.2, 0.25) is 0 Å². The molecule has 0 unspecified atom stereocenters. The summed E-state index contributed by atoms with van der Waals surface area (Å²) in [6.07, 6.45) is 3.04. The number of fused-ring (bicyclic) bond motifs is 4. The molecule has 0 saturated carbocycles. The third-order valence-electron chi connectivity index (χ3n) is 6.01. The molecule has 1 atom stereocenters. The number of para-hydroxylation sites is 1. The van der Waals surface area contributed by atoms with Crippen molar-refractivity contribution in [2.24, 2.45) is 0 Å². The van der Waals surface area contributed by atoms with E-state index in [-0.39, 0.29) is 5.92 Å². The van der Waals surface area contributed by atoms with Gasteiger partial charge >= 0.3 is 6.09 Å². The quantitative estimate of drug-likeness (QED) is 0.346. The van der Waals surface area contributed by atoms with Gasteiger partial charge in [-0.1, -0.05) is 60.7 Å². The molecular weight excluding hydrogens is 398 g/mol. The third-order valence-corrected chi connectivity index (χ3v) is 6.01. The Morgan fingerprint density at radius 2 is 1.72 bits per heavy atom. The van der Waals surface area contributed by atoms with Crippen molar-refractivity contribution >= 4 is 40.1 Å². The first-order valence-corrected chi connectivity index (χ1v) is 10.9. The van der Waals surface area contributed by atoms with Crippen LogP contribution in [-0.2, 0) is 16.0 Å². The van der Waals surface area contributed by atoms with Crippen LogP contribution >= 0.6 is 0 Å². The number of carbonyl (C=O) groups excluding carboxylic acids is 2. The summed E-state index contributed by atoms with van der Waals surface area (Å²) in [5.41, 5.74) is 3.78. The summed E-state index contributed by atoms with van der Waals surface area (Å²) in [5, 5.41) is 3.24. The fraction of sp³-hybridized carbons (Fsp3) is 0.214. The summed E-state index contributed by atoms with van der Waals surface area (Å²) in [6.45, 7) is 5.60. The first-order chi connectivity index (χ1) is 15.4. The first kappa shape index (κ1) is 20.3. The number of benzene rings is 3. The molecule has 0 spiro atoms. The molecule has 0 saturated heterocycles. The van der Waals surface area contributed by atoms with Gasteiger partial charge in [-0.05, 0) is 55.7 Å².